The van der Waals surface area contributed by atoms with E-state index >= 15 is 0 Å². The fourth-order valence-electron chi connectivity index (χ4n) is 3.72. The summed E-state index contributed by atoms with van der Waals surface area (Å²) in [6.45, 7) is 1.20. The molecule has 1 heterocycles. The van der Waals surface area contributed by atoms with Crippen LogP contribution in [0.4, 0.5) is 4.39 Å². The maximum atomic E-state index is 14.1. The molecule has 6 heteroatoms. The number of nitrogens with one attached hydrogen (secondary N) is 1. The molecule has 5 nitrogen and oxygen atoms in total. The van der Waals surface area contributed by atoms with Crippen molar-refractivity contribution in [2.45, 2.75) is 25.3 Å². The first-order chi connectivity index (χ1) is 15.6. The quantitative estimate of drug-likeness (QED) is 0.561. The average Bonchev–Trinajstić information content (AvgIpc) is 3.07. The zero-order valence-corrected chi connectivity index (χ0v) is 18.0. The van der Waals surface area contributed by atoms with Gasteiger partial charge in [-0.25, -0.2) is 4.39 Å². The van der Waals surface area contributed by atoms with Gasteiger partial charge < -0.3 is 19.5 Å². The highest BCUT2D eigenvalue weighted by atomic mass is 19.1. The number of ether oxygens (including phenoxy) is 3. The molecule has 0 saturated carbocycles. The van der Waals surface area contributed by atoms with Gasteiger partial charge in [-0.3, -0.25) is 4.79 Å². The van der Waals surface area contributed by atoms with Crippen molar-refractivity contribution in [3.05, 3.63) is 89.2 Å². The van der Waals surface area contributed by atoms with E-state index in [2.05, 4.69) is 17.4 Å². The van der Waals surface area contributed by atoms with Crippen LogP contribution in [0.3, 0.4) is 0 Å². The van der Waals surface area contributed by atoms with Crippen LogP contribution >= 0.6 is 0 Å². The van der Waals surface area contributed by atoms with Crippen LogP contribution < -0.4 is 19.5 Å². The van der Waals surface area contributed by atoms with E-state index < -0.39 is 5.82 Å². The lowest BCUT2D eigenvalue weighted by Crippen LogP contribution is -2.29. The highest BCUT2D eigenvalue weighted by molar-refractivity contribution is 5.94. The predicted molar refractivity (Wildman–Crippen MR) is 120 cm³/mol. The van der Waals surface area contributed by atoms with Crippen LogP contribution in [0.5, 0.6) is 17.2 Å². The Kier molecular flexibility index (Phi) is 6.90. The number of halogens is 1. The smallest absolute Gasteiger partial charge is 0.251 e. The van der Waals surface area contributed by atoms with Crippen LogP contribution in [0.1, 0.15) is 40.4 Å². The van der Waals surface area contributed by atoms with Crippen molar-refractivity contribution in [3.63, 3.8) is 0 Å². The van der Waals surface area contributed by atoms with Gasteiger partial charge in [0.2, 0.25) is 0 Å². The normalized spacial score (nSPS) is 13.7. The Morgan fingerprint density at radius 2 is 1.81 bits per heavy atom. The second kappa shape index (κ2) is 10.2. The van der Waals surface area contributed by atoms with Gasteiger partial charge in [0.1, 0.15) is 0 Å². The van der Waals surface area contributed by atoms with E-state index in [0.29, 0.717) is 31.1 Å². The zero-order valence-electron chi connectivity index (χ0n) is 18.0. The Bertz CT molecular complexity index is 1070. The molecule has 0 radical (unpaired) electrons. The van der Waals surface area contributed by atoms with Gasteiger partial charge >= 0.3 is 0 Å². The highest BCUT2D eigenvalue weighted by Gasteiger charge is 2.20. The zero-order chi connectivity index (χ0) is 22.3. The van der Waals surface area contributed by atoms with Crippen molar-refractivity contribution in [2.24, 2.45) is 0 Å². The standard InChI is InChI=1S/C26H26FNO4/c1-30-23-12-10-20(16-21(23)27)26(29)28-22(11-8-18-6-3-2-4-7-18)19-9-13-24-25(17-19)32-15-5-14-31-24/h2-4,6-7,9-10,12-13,16-17,22H,5,8,11,14-15H2,1H3,(H,28,29). The van der Waals surface area contributed by atoms with Crippen LogP contribution in [0.25, 0.3) is 0 Å². The SMILES string of the molecule is COc1ccc(C(=O)NC(CCc2ccccc2)c2ccc3c(c2)OCCCO3)cc1F. The number of carbonyl (C=O) groups excluding carboxylic acids is 1. The van der Waals surface area contributed by atoms with E-state index in [-0.39, 0.29) is 23.3 Å². The first-order valence-electron chi connectivity index (χ1n) is 10.7. The van der Waals surface area contributed by atoms with Crippen LogP contribution in [0.15, 0.2) is 66.7 Å². The van der Waals surface area contributed by atoms with Crippen molar-refractivity contribution in [3.8, 4) is 17.2 Å². The molecule has 0 spiro atoms. The van der Waals surface area contributed by atoms with Gasteiger partial charge in [-0.05, 0) is 54.3 Å². The average molecular weight is 435 g/mol. The summed E-state index contributed by atoms with van der Waals surface area (Å²) in [5, 5.41) is 3.06. The second-order valence-corrected chi connectivity index (χ2v) is 7.66. The van der Waals surface area contributed by atoms with Crippen molar-refractivity contribution >= 4 is 5.91 Å². The third-order valence-electron chi connectivity index (χ3n) is 5.46. The monoisotopic (exact) mass is 435 g/mol. The molecule has 1 aliphatic rings. The van der Waals surface area contributed by atoms with Gasteiger partial charge in [-0.1, -0.05) is 36.4 Å². The summed E-state index contributed by atoms with van der Waals surface area (Å²) in [6, 6.07) is 19.8. The molecular weight excluding hydrogens is 409 g/mol. The van der Waals surface area contributed by atoms with E-state index in [9.17, 15) is 9.18 Å². The van der Waals surface area contributed by atoms with Crippen LogP contribution in [-0.2, 0) is 6.42 Å². The van der Waals surface area contributed by atoms with E-state index in [0.717, 1.165) is 18.4 Å². The topological polar surface area (TPSA) is 56.8 Å². The first kappa shape index (κ1) is 21.7. The molecule has 0 aliphatic carbocycles. The molecule has 0 bridgehead atoms. The second-order valence-electron chi connectivity index (χ2n) is 7.66. The van der Waals surface area contributed by atoms with Gasteiger partial charge in [-0.2, -0.15) is 0 Å². The molecule has 0 fully saturated rings. The van der Waals surface area contributed by atoms with Gasteiger partial charge in [0, 0.05) is 12.0 Å². The van der Waals surface area contributed by atoms with Crippen molar-refractivity contribution in [1.82, 2.24) is 5.32 Å². The fourth-order valence-corrected chi connectivity index (χ4v) is 3.72. The lowest BCUT2D eigenvalue weighted by Gasteiger charge is -2.21. The summed E-state index contributed by atoms with van der Waals surface area (Å²) in [7, 11) is 1.39. The van der Waals surface area contributed by atoms with E-state index in [1.807, 2.05) is 36.4 Å². The molecule has 1 atom stereocenters. The first-order valence-corrected chi connectivity index (χ1v) is 10.7. The summed E-state index contributed by atoms with van der Waals surface area (Å²) < 4.78 is 30.6. The number of carbonyl (C=O) groups is 1. The number of fused-ring (bicyclic) bond motifs is 1. The summed E-state index contributed by atoms with van der Waals surface area (Å²) in [4.78, 5) is 13.0. The number of aryl methyl sites for hydroxylation is 1. The third kappa shape index (κ3) is 5.19. The lowest BCUT2D eigenvalue weighted by atomic mass is 9.98. The molecule has 1 unspecified atom stereocenters. The van der Waals surface area contributed by atoms with Crippen LogP contribution in [-0.4, -0.2) is 26.2 Å². The van der Waals surface area contributed by atoms with Crippen LogP contribution in [0, 0.1) is 5.82 Å². The number of hydrogen-bond acceptors (Lipinski definition) is 4. The summed E-state index contributed by atoms with van der Waals surface area (Å²) >= 11 is 0. The van der Waals surface area contributed by atoms with Gasteiger partial charge in [0.25, 0.3) is 5.91 Å². The summed E-state index contributed by atoms with van der Waals surface area (Å²) in [6.07, 6.45) is 2.27. The van der Waals surface area contributed by atoms with E-state index in [4.69, 9.17) is 14.2 Å². The highest BCUT2D eigenvalue weighted by Crippen LogP contribution is 2.33. The Labute approximate surface area is 187 Å². The molecule has 1 aliphatic heterocycles. The predicted octanol–water partition coefficient (Wildman–Crippen LogP) is 5.10. The lowest BCUT2D eigenvalue weighted by molar-refractivity contribution is 0.0934. The molecule has 4 rings (SSSR count). The maximum Gasteiger partial charge on any atom is 0.251 e. The Hall–Kier alpha value is -3.54. The van der Waals surface area contributed by atoms with E-state index in [1.165, 1.54) is 24.8 Å². The van der Waals surface area contributed by atoms with Gasteiger partial charge in [-0.15, -0.1) is 0 Å². The molecule has 32 heavy (non-hydrogen) atoms. The van der Waals surface area contributed by atoms with Gasteiger partial charge in [0.05, 0.1) is 26.4 Å². The van der Waals surface area contributed by atoms with Crippen LogP contribution in [0.2, 0.25) is 0 Å². The fraction of sp³-hybridized carbons (Fsp3) is 0.269. The molecular formula is C26H26FNO4. The molecule has 0 saturated heterocycles. The molecule has 0 aromatic heterocycles. The minimum absolute atomic E-state index is 0.102. The largest absolute Gasteiger partial charge is 0.494 e. The Morgan fingerprint density at radius 3 is 2.56 bits per heavy atom. The molecule has 1 N–H and O–H groups in total. The van der Waals surface area contributed by atoms with Crippen molar-refractivity contribution in [1.29, 1.82) is 0 Å². The molecule has 166 valence electrons. The minimum atomic E-state index is -0.573. The number of methoxy groups -OCH3 is 1. The number of hydrogen-bond donors (Lipinski definition) is 1. The van der Waals surface area contributed by atoms with Gasteiger partial charge in [0.15, 0.2) is 23.1 Å². The third-order valence-corrected chi connectivity index (χ3v) is 5.46. The Morgan fingerprint density at radius 1 is 1.03 bits per heavy atom. The van der Waals surface area contributed by atoms with E-state index in [1.54, 1.807) is 6.07 Å². The molecule has 3 aromatic rings. The number of benzene rings is 3. The molecule has 3 aromatic carbocycles. The minimum Gasteiger partial charge on any atom is -0.494 e. The molecule has 1 amide bonds. The summed E-state index contributed by atoms with van der Waals surface area (Å²) in [5.41, 5.74) is 2.33. The number of rotatable bonds is 7. The van der Waals surface area contributed by atoms with Crippen molar-refractivity contribution in [2.75, 3.05) is 20.3 Å². The number of amides is 1. The van der Waals surface area contributed by atoms with Crippen molar-refractivity contribution < 1.29 is 23.4 Å². The maximum absolute atomic E-state index is 14.1. The Balaban J connectivity index is 1.58. The summed E-state index contributed by atoms with van der Waals surface area (Å²) in [5.74, 6) is 0.560.